The number of allylic oxidation sites excluding steroid dienone is 6. The maximum Gasteiger partial charge on any atom is 0.132 e. The standard InChI is InChI=1S/C37H68O/c1-3-5-7-9-11-13-15-17-19-21-23-25-27-29-31-33-35-37(38)36-34-32-30-28-26-24-22-20-18-16-14-12-10-8-6-4-2/h11,13,17-20H,3-10,12,14-16,21-36H2,1-2H3. The number of hydrogen-bond acceptors (Lipinski definition) is 1. The van der Waals surface area contributed by atoms with Crippen molar-refractivity contribution < 1.29 is 4.79 Å². The van der Waals surface area contributed by atoms with Gasteiger partial charge in [-0.1, -0.05) is 147 Å². The summed E-state index contributed by atoms with van der Waals surface area (Å²) in [6.07, 6.45) is 49.5. The summed E-state index contributed by atoms with van der Waals surface area (Å²) in [5, 5.41) is 0. The van der Waals surface area contributed by atoms with E-state index in [1.807, 2.05) is 0 Å². The summed E-state index contributed by atoms with van der Waals surface area (Å²) in [5.41, 5.74) is 0. The second kappa shape index (κ2) is 33.9. The molecule has 0 spiro atoms. The van der Waals surface area contributed by atoms with Gasteiger partial charge < -0.3 is 0 Å². The Kier molecular flexibility index (Phi) is 32.9. The molecule has 0 rings (SSSR count). The van der Waals surface area contributed by atoms with E-state index in [0.717, 1.165) is 32.1 Å². The van der Waals surface area contributed by atoms with Gasteiger partial charge in [0.05, 0.1) is 0 Å². The topological polar surface area (TPSA) is 17.1 Å². The first-order valence-corrected chi connectivity index (χ1v) is 17.3. The molecule has 0 atom stereocenters. The van der Waals surface area contributed by atoms with E-state index in [9.17, 15) is 4.79 Å². The normalized spacial score (nSPS) is 12.1. The van der Waals surface area contributed by atoms with Crippen LogP contribution in [-0.4, -0.2) is 5.78 Å². The fourth-order valence-electron chi connectivity index (χ4n) is 5.01. The average molecular weight is 529 g/mol. The Hall–Kier alpha value is -1.11. The number of Topliss-reactive ketones (excluding diaryl/α,β-unsaturated/α-hetero) is 1. The molecule has 222 valence electrons. The first kappa shape index (κ1) is 36.9. The number of carbonyl (C=O) groups is 1. The van der Waals surface area contributed by atoms with Crippen LogP contribution in [0.15, 0.2) is 36.5 Å². The summed E-state index contributed by atoms with van der Waals surface area (Å²) in [5.74, 6) is 0.505. The molecule has 0 aromatic carbocycles. The first-order valence-electron chi connectivity index (χ1n) is 17.3. The molecule has 0 aliphatic carbocycles. The monoisotopic (exact) mass is 529 g/mol. The maximum atomic E-state index is 12.1. The molecule has 0 fully saturated rings. The van der Waals surface area contributed by atoms with E-state index in [2.05, 4.69) is 50.3 Å². The van der Waals surface area contributed by atoms with Gasteiger partial charge in [-0.25, -0.2) is 0 Å². The van der Waals surface area contributed by atoms with Gasteiger partial charge in [-0.15, -0.1) is 0 Å². The van der Waals surface area contributed by atoms with E-state index >= 15 is 0 Å². The van der Waals surface area contributed by atoms with Crippen molar-refractivity contribution in [2.45, 2.75) is 194 Å². The predicted octanol–water partition coefficient (Wildman–Crippen LogP) is 13.2. The maximum absolute atomic E-state index is 12.1. The molecule has 0 radical (unpaired) electrons. The molecular formula is C37H68O. The third-order valence-corrected chi connectivity index (χ3v) is 7.62. The van der Waals surface area contributed by atoms with E-state index in [1.165, 1.54) is 148 Å². The third-order valence-electron chi connectivity index (χ3n) is 7.62. The van der Waals surface area contributed by atoms with Gasteiger partial charge in [0.2, 0.25) is 0 Å². The fourth-order valence-corrected chi connectivity index (χ4v) is 5.01. The fraction of sp³-hybridized carbons (Fsp3) is 0.811. The zero-order chi connectivity index (χ0) is 27.6. The third kappa shape index (κ3) is 32.9. The molecular weight excluding hydrogens is 460 g/mol. The van der Waals surface area contributed by atoms with Gasteiger partial charge in [-0.05, 0) is 70.6 Å². The second-order valence-corrected chi connectivity index (χ2v) is 11.6. The van der Waals surface area contributed by atoms with E-state index in [0.29, 0.717) is 5.78 Å². The molecule has 1 heteroatoms. The number of ketones is 1. The zero-order valence-corrected chi connectivity index (χ0v) is 26.2. The highest BCUT2D eigenvalue weighted by Gasteiger charge is 2.02. The largest absolute Gasteiger partial charge is 0.300 e. The number of carbonyl (C=O) groups excluding carboxylic acids is 1. The van der Waals surface area contributed by atoms with Crippen molar-refractivity contribution in [2.24, 2.45) is 0 Å². The Labute approximate surface area is 240 Å². The Bertz CT molecular complexity index is 541. The van der Waals surface area contributed by atoms with Gasteiger partial charge in [0, 0.05) is 12.8 Å². The molecule has 0 aliphatic heterocycles. The zero-order valence-electron chi connectivity index (χ0n) is 26.2. The Morgan fingerprint density at radius 3 is 1.08 bits per heavy atom. The molecule has 38 heavy (non-hydrogen) atoms. The molecule has 0 N–H and O–H groups in total. The van der Waals surface area contributed by atoms with Crippen molar-refractivity contribution in [3.63, 3.8) is 0 Å². The highest BCUT2D eigenvalue weighted by molar-refractivity contribution is 5.78. The lowest BCUT2D eigenvalue weighted by Crippen LogP contribution is -1.97. The smallest absolute Gasteiger partial charge is 0.132 e. The second-order valence-electron chi connectivity index (χ2n) is 11.6. The van der Waals surface area contributed by atoms with Gasteiger partial charge >= 0.3 is 0 Å². The van der Waals surface area contributed by atoms with Crippen LogP contribution in [0.2, 0.25) is 0 Å². The van der Waals surface area contributed by atoms with E-state index in [-0.39, 0.29) is 0 Å². The van der Waals surface area contributed by atoms with Gasteiger partial charge in [-0.2, -0.15) is 0 Å². The van der Waals surface area contributed by atoms with E-state index in [1.54, 1.807) is 0 Å². The SMILES string of the molecule is CCCCCC=CCC=CCCCCCCCCC(=O)CCCCCCCCC=CCCCCCCCC. The van der Waals surface area contributed by atoms with E-state index in [4.69, 9.17) is 0 Å². The summed E-state index contributed by atoms with van der Waals surface area (Å²) in [6.45, 7) is 4.54. The minimum absolute atomic E-state index is 0.505. The van der Waals surface area contributed by atoms with Crippen molar-refractivity contribution in [1.29, 1.82) is 0 Å². The van der Waals surface area contributed by atoms with Crippen LogP contribution in [0, 0.1) is 0 Å². The van der Waals surface area contributed by atoms with Crippen LogP contribution in [0.25, 0.3) is 0 Å². The molecule has 0 saturated heterocycles. The number of unbranched alkanes of at least 4 members (excludes halogenated alkanes) is 21. The van der Waals surface area contributed by atoms with Crippen molar-refractivity contribution >= 4 is 5.78 Å². The minimum atomic E-state index is 0.505. The molecule has 0 unspecified atom stereocenters. The summed E-state index contributed by atoms with van der Waals surface area (Å²) in [7, 11) is 0. The van der Waals surface area contributed by atoms with Crippen molar-refractivity contribution in [3.05, 3.63) is 36.5 Å². The molecule has 0 saturated carbocycles. The van der Waals surface area contributed by atoms with E-state index < -0.39 is 0 Å². The summed E-state index contributed by atoms with van der Waals surface area (Å²) in [4.78, 5) is 12.1. The van der Waals surface area contributed by atoms with Crippen LogP contribution >= 0.6 is 0 Å². The summed E-state index contributed by atoms with van der Waals surface area (Å²) < 4.78 is 0. The van der Waals surface area contributed by atoms with Crippen LogP contribution in [0.1, 0.15) is 194 Å². The molecule has 0 bridgehead atoms. The van der Waals surface area contributed by atoms with Crippen molar-refractivity contribution in [2.75, 3.05) is 0 Å². The molecule has 0 heterocycles. The van der Waals surface area contributed by atoms with Gasteiger partial charge in [0.1, 0.15) is 5.78 Å². The highest BCUT2D eigenvalue weighted by Crippen LogP contribution is 2.13. The van der Waals surface area contributed by atoms with Crippen molar-refractivity contribution in [1.82, 2.24) is 0 Å². The molecule has 1 nitrogen and oxygen atoms in total. The summed E-state index contributed by atoms with van der Waals surface area (Å²) in [6, 6.07) is 0. The van der Waals surface area contributed by atoms with Crippen LogP contribution in [0.3, 0.4) is 0 Å². The van der Waals surface area contributed by atoms with Gasteiger partial charge in [-0.3, -0.25) is 4.79 Å². The summed E-state index contributed by atoms with van der Waals surface area (Å²) >= 11 is 0. The van der Waals surface area contributed by atoms with Gasteiger partial charge in [0.15, 0.2) is 0 Å². The lowest BCUT2D eigenvalue weighted by Gasteiger charge is -2.03. The molecule has 0 aromatic heterocycles. The van der Waals surface area contributed by atoms with Crippen molar-refractivity contribution in [3.8, 4) is 0 Å². The van der Waals surface area contributed by atoms with Crippen LogP contribution in [0.5, 0.6) is 0 Å². The highest BCUT2D eigenvalue weighted by atomic mass is 16.1. The lowest BCUT2D eigenvalue weighted by molar-refractivity contribution is -0.119. The molecule has 0 aliphatic rings. The predicted molar refractivity (Wildman–Crippen MR) is 173 cm³/mol. The van der Waals surface area contributed by atoms with Crippen LogP contribution in [0.4, 0.5) is 0 Å². The Balaban J connectivity index is 3.26. The Morgan fingerprint density at radius 1 is 0.368 bits per heavy atom. The van der Waals surface area contributed by atoms with Crippen LogP contribution in [-0.2, 0) is 4.79 Å². The van der Waals surface area contributed by atoms with Gasteiger partial charge in [0.25, 0.3) is 0 Å². The number of rotatable bonds is 31. The molecule has 0 aromatic rings. The minimum Gasteiger partial charge on any atom is -0.300 e. The van der Waals surface area contributed by atoms with Crippen LogP contribution < -0.4 is 0 Å². The molecule has 0 amide bonds. The quantitative estimate of drug-likeness (QED) is 0.0645. The first-order chi connectivity index (χ1) is 18.8. The Morgan fingerprint density at radius 2 is 0.658 bits per heavy atom. The number of hydrogen-bond donors (Lipinski definition) is 0. The average Bonchev–Trinajstić information content (AvgIpc) is 2.92. The lowest BCUT2D eigenvalue weighted by atomic mass is 10.0.